The molecule has 0 fully saturated rings. The smallest absolute Gasteiger partial charge is 0.165 e. The van der Waals surface area contributed by atoms with E-state index in [0.717, 1.165) is 11.6 Å². The van der Waals surface area contributed by atoms with Crippen molar-refractivity contribution in [3.8, 4) is 0 Å². The average molecular weight is 221 g/mol. The first kappa shape index (κ1) is 11.1. The molecule has 0 aliphatic rings. The number of halogens is 4. The minimum atomic E-state index is -4.47. The summed E-state index contributed by atoms with van der Waals surface area (Å²) in [6, 6.07) is 6.63. The Kier molecular flexibility index (Phi) is 3.21. The highest BCUT2D eigenvalue weighted by molar-refractivity contribution is 6.32. The third-order valence-electron chi connectivity index (χ3n) is 1.64. The van der Waals surface area contributed by atoms with E-state index in [2.05, 4.69) is 0 Å². The van der Waals surface area contributed by atoms with Gasteiger partial charge in [0.05, 0.1) is 0 Å². The second-order valence-corrected chi connectivity index (χ2v) is 3.31. The quantitative estimate of drug-likeness (QED) is 0.667. The summed E-state index contributed by atoms with van der Waals surface area (Å²) in [7, 11) is 0. The fourth-order valence-electron chi connectivity index (χ4n) is 0.891. The maximum absolute atomic E-state index is 12.0. The lowest BCUT2D eigenvalue weighted by atomic mass is 10.1. The van der Waals surface area contributed by atoms with E-state index in [1.165, 1.54) is 0 Å². The summed E-state index contributed by atoms with van der Waals surface area (Å²) in [5, 5.41) is -1.11. The molecule has 0 spiro atoms. The van der Waals surface area contributed by atoms with Gasteiger partial charge in [-0.05, 0) is 18.6 Å². The van der Waals surface area contributed by atoms with Crippen LogP contribution in [0.5, 0.6) is 0 Å². The number of aryl methyl sites for hydroxylation is 1. The summed E-state index contributed by atoms with van der Waals surface area (Å²) < 4.78 is 36.0. The zero-order chi connectivity index (χ0) is 10.8. The van der Waals surface area contributed by atoms with E-state index in [0.29, 0.717) is 5.56 Å². The van der Waals surface area contributed by atoms with Gasteiger partial charge in [0, 0.05) is 0 Å². The minimum absolute atomic E-state index is 0.443. The van der Waals surface area contributed by atoms with Gasteiger partial charge in [0.2, 0.25) is 0 Å². The molecule has 1 aromatic carbocycles. The van der Waals surface area contributed by atoms with Crippen molar-refractivity contribution in [1.82, 2.24) is 0 Å². The van der Waals surface area contributed by atoms with Gasteiger partial charge < -0.3 is 0 Å². The molecule has 0 aromatic heterocycles. The Morgan fingerprint density at radius 3 is 2.14 bits per heavy atom. The summed E-state index contributed by atoms with van der Waals surface area (Å²) in [6.07, 6.45) is -3.56. The fraction of sp³-hybridized carbons (Fsp3) is 0.200. The largest absolute Gasteiger partial charge is 0.426 e. The van der Waals surface area contributed by atoms with Crippen LogP contribution in [0.25, 0.3) is 6.08 Å². The lowest BCUT2D eigenvalue weighted by Gasteiger charge is -2.03. The molecule has 0 nitrogen and oxygen atoms in total. The molecule has 14 heavy (non-hydrogen) atoms. The van der Waals surface area contributed by atoms with Gasteiger partial charge in [0.1, 0.15) is 5.03 Å². The lowest BCUT2D eigenvalue weighted by molar-refractivity contribution is -0.0836. The molecule has 0 unspecified atom stereocenters. The Bertz CT molecular complexity index is 335. The maximum Gasteiger partial charge on any atom is 0.426 e. The molecule has 0 bridgehead atoms. The molecule has 0 radical (unpaired) electrons. The predicted octanol–water partition coefficient (Wildman–Crippen LogP) is 4.14. The monoisotopic (exact) mass is 220 g/mol. The highest BCUT2D eigenvalue weighted by Crippen LogP contribution is 2.30. The number of hydrogen-bond donors (Lipinski definition) is 0. The Hall–Kier alpha value is -0.960. The molecule has 0 heterocycles. The first-order valence-corrected chi connectivity index (χ1v) is 4.28. The van der Waals surface area contributed by atoms with Crippen LogP contribution in [0.1, 0.15) is 11.1 Å². The molecule has 0 N–H and O–H groups in total. The second kappa shape index (κ2) is 4.05. The fourth-order valence-corrected chi connectivity index (χ4v) is 1.02. The highest BCUT2D eigenvalue weighted by atomic mass is 35.5. The number of hydrogen-bond acceptors (Lipinski definition) is 0. The van der Waals surface area contributed by atoms with Crippen LogP contribution in [-0.4, -0.2) is 6.18 Å². The first-order valence-electron chi connectivity index (χ1n) is 3.90. The summed E-state index contributed by atoms with van der Waals surface area (Å²) in [5.41, 5.74) is 1.43. The van der Waals surface area contributed by atoms with Gasteiger partial charge in [-0.1, -0.05) is 41.4 Å². The highest BCUT2D eigenvalue weighted by Gasteiger charge is 2.32. The third kappa shape index (κ3) is 3.07. The van der Waals surface area contributed by atoms with Crippen molar-refractivity contribution in [2.24, 2.45) is 0 Å². The Labute approximate surface area is 85.0 Å². The second-order valence-electron chi connectivity index (χ2n) is 2.90. The van der Waals surface area contributed by atoms with Crippen LogP contribution in [0.4, 0.5) is 13.2 Å². The average Bonchev–Trinajstić information content (AvgIpc) is 2.07. The van der Waals surface area contributed by atoms with Gasteiger partial charge in [-0.15, -0.1) is 0 Å². The summed E-state index contributed by atoms with van der Waals surface area (Å²) in [5.74, 6) is 0. The van der Waals surface area contributed by atoms with Crippen molar-refractivity contribution < 1.29 is 13.2 Å². The van der Waals surface area contributed by atoms with E-state index in [1.807, 2.05) is 6.92 Å². The van der Waals surface area contributed by atoms with E-state index in [9.17, 15) is 13.2 Å². The Morgan fingerprint density at radius 1 is 1.21 bits per heavy atom. The van der Waals surface area contributed by atoms with E-state index in [4.69, 9.17) is 11.6 Å². The molecule has 0 atom stereocenters. The van der Waals surface area contributed by atoms with Crippen LogP contribution in [0.3, 0.4) is 0 Å². The molecular weight excluding hydrogens is 213 g/mol. The van der Waals surface area contributed by atoms with E-state index in [-0.39, 0.29) is 0 Å². The molecule has 1 aromatic rings. The molecule has 0 aliphatic heterocycles. The zero-order valence-electron chi connectivity index (χ0n) is 7.40. The summed E-state index contributed by atoms with van der Waals surface area (Å²) in [6.45, 7) is 1.86. The maximum atomic E-state index is 12.0. The molecule has 0 aliphatic carbocycles. The van der Waals surface area contributed by atoms with Gasteiger partial charge in [0.25, 0.3) is 0 Å². The topological polar surface area (TPSA) is 0 Å². The number of rotatable bonds is 1. The Morgan fingerprint density at radius 2 is 1.71 bits per heavy atom. The van der Waals surface area contributed by atoms with E-state index < -0.39 is 11.2 Å². The SMILES string of the molecule is Cc1ccc(/C=C(/Cl)C(F)(F)F)cc1. The molecule has 0 saturated carbocycles. The molecule has 1 rings (SSSR count). The van der Waals surface area contributed by atoms with Crippen LogP contribution >= 0.6 is 11.6 Å². The van der Waals surface area contributed by atoms with Crippen LogP contribution in [0.2, 0.25) is 0 Å². The van der Waals surface area contributed by atoms with Gasteiger partial charge in [-0.25, -0.2) is 0 Å². The van der Waals surface area contributed by atoms with Crippen LogP contribution in [0, 0.1) is 6.92 Å². The van der Waals surface area contributed by atoms with Crippen molar-refractivity contribution >= 4 is 17.7 Å². The lowest BCUT2D eigenvalue weighted by Crippen LogP contribution is -2.06. The van der Waals surface area contributed by atoms with Crippen molar-refractivity contribution in [2.75, 3.05) is 0 Å². The van der Waals surface area contributed by atoms with Gasteiger partial charge in [-0.3, -0.25) is 0 Å². The van der Waals surface area contributed by atoms with Crippen LogP contribution in [-0.2, 0) is 0 Å². The first-order chi connectivity index (χ1) is 6.39. The third-order valence-corrected chi connectivity index (χ3v) is 1.96. The normalized spacial score (nSPS) is 13.1. The predicted molar refractivity (Wildman–Crippen MR) is 51.1 cm³/mol. The molecule has 76 valence electrons. The van der Waals surface area contributed by atoms with Crippen molar-refractivity contribution in [1.29, 1.82) is 0 Å². The molecule has 0 amide bonds. The number of alkyl halides is 3. The van der Waals surface area contributed by atoms with Crippen molar-refractivity contribution in [3.63, 3.8) is 0 Å². The zero-order valence-corrected chi connectivity index (χ0v) is 8.15. The molecule has 0 saturated heterocycles. The number of allylic oxidation sites excluding steroid dienone is 1. The van der Waals surface area contributed by atoms with Crippen molar-refractivity contribution in [3.05, 3.63) is 40.4 Å². The van der Waals surface area contributed by atoms with Gasteiger partial charge in [-0.2, -0.15) is 13.2 Å². The summed E-state index contributed by atoms with van der Waals surface area (Å²) >= 11 is 5.07. The van der Waals surface area contributed by atoms with Gasteiger partial charge >= 0.3 is 6.18 Å². The van der Waals surface area contributed by atoms with Crippen LogP contribution in [0.15, 0.2) is 29.3 Å². The standard InChI is InChI=1S/C10H8ClF3/c1-7-2-4-8(5-3-7)6-9(11)10(12,13)14/h2-6H,1H3/b9-6+. The molecular formula is C10H8ClF3. The van der Waals surface area contributed by atoms with Crippen molar-refractivity contribution in [2.45, 2.75) is 13.1 Å². The van der Waals surface area contributed by atoms with E-state index in [1.54, 1.807) is 24.3 Å². The number of benzene rings is 1. The molecule has 4 heteroatoms. The van der Waals surface area contributed by atoms with Gasteiger partial charge in [0.15, 0.2) is 0 Å². The Balaban J connectivity index is 2.93. The summed E-state index contributed by atoms with van der Waals surface area (Å²) in [4.78, 5) is 0. The van der Waals surface area contributed by atoms with Crippen LogP contribution < -0.4 is 0 Å². The minimum Gasteiger partial charge on any atom is -0.165 e. The van der Waals surface area contributed by atoms with E-state index >= 15 is 0 Å².